The number of nitrogens with zero attached hydrogens (tertiary/aromatic N) is 3. The van der Waals surface area contributed by atoms with Crippen LogP contribution in [0, 0.1) is 18.6 Å². The van der Waals surface area contributed by atoms with Crippen LogP contribution in [0.5, 0.6) is 0 Å². The van der Waals surface area contributed by atoms with Gasteiger partial charge >= 0.3 is 0 Å². The van der Waals surface area contributed by atoms with Crippen LogP contribution in [-0.4, -0.2) is 25.9 Å². The van der Waals surface area contributed by atoms with Crippen molar-refractivity contribution in [2.45, 2.75) is 24.3 Å². The number of aromatic nitrogens is 3. The van der Waals surface area contributed by atoms with Crippen molar-refractivity contribution >= 4 is 23.4 Å². The fourth-order valence-electron chi connectivity index (χ4n) is 2.33. The Kier molecular flexibility index (Phi) is 5.32. The van der Waals surface area contributed by atoms with E-state index in [0.29, 0.717) is 11.0 Å². The summed E-state index contributed by atoms with van der Waals surface area (Å²) in [5, 5.41) is 10.5. The quantitative estimate of drug-likeness (QED) is 0.687. The van der Waals surface area contributed by atoms with Crippen molar-refractivity contribution in [1.82, 2.24) is 14.8 Å². The number of aryl methyl sites for hydroxylation is 1. The Hall–Kier alpha value is -2.74. The first-order chi connectivity index (χ1) is 12.5. The van der Waals surface area contributed by atoms with E-state index in [1.54, 1.807) is 6.92 Å². The predicted molar refractivity (Wildman–Crippen MR) is 96.4 cm³/mol. The number of benzene rings is 2. The summed E-state index contributed by atoms with van der Waals surface area (Å²) in [6.45, 7) is 3.48. The Morgan fingerprint density at radius 3 is 2.62 bits per heavy atom. The average molecular weight is 374 g/mol. The van der Waals surface area contributed by atoms with Crippen LogP contribution in [-0.2, 0) is 4.79 Å². The van der Waals surface area contributed by atoms with Crippen molar-refractivity contribution in [3.8, 4) is 5.69 Å². The molecule has 1 heterocycles. The molecule has 0 aliphatic carbocycles. The fourth-order valence-corrected chi connectivity index (χ4v) is 3.25. The molecule has 1 atom stereocenters. The summed E-state index contributed by atoms with van der Waals surface area (Å²) < 4.78 is 28.8. The van der Waals surface area contributed by atoms with Crippen LogP contribution in [0.25, 0.3) is 5.69 Å². The van der Waals surface area contributed by atoms with Gasteiger partial charge in [-0.15, -0.1) is 10.2 Å². The van der Waals surface area contributed by atoms with Gasteiger partial charge in [-0.2, -0.15) is 0 Å². The maximum atomic E-state index is 13.7. The highest BCUT2D eigenvalue weighted by Crippen LogP contribution is 2.26. The molecule has 0 saturated heterocycles. The molecule has 2 aromatic carbocycles. The van der Waals surface area contributed by atoms with Crippen LogP contribution >= 0.6 is 11.8 Å². The van der Waals surface area contributed by atoms with Gasteiger partial charge in [-0.1, -0.05) is 30.0 Å². The van der Waals surface area contributed by atoms with E-state index in [0.717, 1.165) is 23.9 Å². The first kappa shape index (κ1) is 18.1. The van der Waals surface area contributed by atoms with Gasteiger partial charge in [-0.3, -0.25) is 9.36 Å². The zero-order chi connectivity index (χ0) is 18.7. The summed E-state index contributed by atoms with van der Waals surface area (Å²) in [7, 11) is 0. The predicted octanol–water partition coefficient (Wildman–Crippen LogP) is 3.97. The van der Waals surface area contributed by atoms with E-state index >= 15 is 0 Å². The highest BCUT2D eigenvalue weighted by atomic mass is 32.2. The van der Waals surface area contributed by atoms with Crippen molar-refractivity contribution in [1.29, 1.82) is 0 Å². The van der Waals surface area contributed by atoms with E-state index < -0.39 is 22.8 Å². The molecule has 1 amide bonds. The minimum absolute atomic E-state index is 0.192. The summed E-state index contributed by atoms with van der Waals surface area (Å²) in [6.07, 6.45) is 0. The molecule has 3 aromatic rings. The molecule has 0 saturated carbocycles. The van der Waals surface area contributed by atoms with Crippen LogP contribution in [0.3, 0.4) is 0 Å². The van der Waals surface area contributed by atoms with Crippen molar-refractivity contribution < 1.29 is 13.6 Å². The molecule has 0 spiro atoms. The lowest BCUT2D eigenvalue weighted by molar-refractivity contribution is -0.115. The Morgan fingerprint density at radius 1 is 1.15 bits per heavy atom. The first-order valence-electron chi connectivity index (χ1n) is 7.85. The molecule has 0 fully saturated rings. The van der Waals surface area contributed by atoms with Gasteiger partial charge in [0.15, 0.2) is 5.16 Å². The third-order valence-corrected chi connectivity index (χ3v) is 4.69. The number of halogens is 2. The molecule has 3 rings (SSSR count). The SMILES string of the molecule is Cc1nnc(S[C@H](C)C(=O)Nc2cc(F)ccc2F)n1-c1ccccc1. The number of carbonyl (C=O) groups excluding carboxylic acids is 1. The van der Waals surface area contributed by atoms with E-state index in [4.69, 9.17) is 0 Å². The molecular weight excluding hydrogens is 358 g/mol. The second-order valence-electron chi connectivity index (χ2n) is 5.57. The van der Waals surface area contributed by atoms with Crippen molar-refractivity contribution in [2.75, 3.05) is 5.32 Å². The third kappa shape index (κ3) is 3.91. The van der Waals surface area contributed by atoms with Gasteiger partial charge in [0.05, 0.1) is 10.9 Å². The number of hydrogen-bond acceptors (Lipinski definition) is 4. The smallest absolute Gasteiger partial charge is 0.237 e. The molecule has 1 aromatic heterocycles. The van der Waals surface area contributed by atoms with Gasteiger partial charge in [-0.05, 0) is 38.1 Å². The number of rotatable bonds is 5. The Morgan fingerprint density at radius 2 is 1.88 bits per heavy atom. The minimum Gasteiger partial charge on any atom is -0.323 e. The van der Waals surface area contributed by atoms with E-state index in [2.05, 4.69) is 15.5 Å². The topological polar surface area (TPSA) is 59.8 Å². The van der Waals surface area contributed by atoms with Crippen LogP contribution in [0.1, 0.15) is 12.7 Å². The van der Waals surface area contributed by atoms with E-state index in [1.807, 2.05) is 41.8 Å². The zero-order valence-corrected chi connectivity index (χ0v) is 14.9. The fraction of sp³-hybridized carbons (Fsp3) is 0.167. The maximum absolute atomic E-state index is 13.7. The summed E-state index contributed by atoms with van der Waals surface area (Å²) in [6, 6.07) is 12.4. The normalized spacial score (nSPS) is 12.0. The summed E-state index contributed by atoms with van der Waals surface area (Å²) >= 11 is 1.18. The number of anilines is 1. The standard InChI is InChI=1S/C18H16F2N4OS/c1-11(17(25)21-16-10-13(19)8-9-15(16)20)26-18-23-22-12(2)24(18)14-6-4-3-5-7-14/h3-11H,1-2H3,(H,21,25)/t11-/m1/s1. The lowest BCUT2D eigenvalue weighted by Crippen LogP contribution is -2.23. The van der Waals surface area contributed by atoms with Crippen LogP contribution in [0.4, 0.5) is 14.5 Å². The van der Waals surface area contributed by atoms with E-state index in [-0.39, 0.29) is 5.69 Å². The first-order valence-corrected chi connectivity index (χ1v) is 8.73. The van der Waals surface area contributed by atoms with Crippen molar-refractivity contribution in [2.24, 2.45) is 0 Å². The Balaban J connectivity index is 1.77. The third-order valence-electron chi connectivity index (χ3n) is 3.65. The molecule has 0 unspecified atom stereocenters. The van der Waals surface area contributed by atoms with Gasteiger partial charge in [0.2, 0.25) is 5.91 Å². The lowest BCUT2D eigenvalue weighted by Gasteiger charge is -2.13. The van der Waals surface area contributed by atoms with Crippen LogP contribution < -0.4 is 5.32 Å². The van der Waals surface area contributed by atoms with Gasteiger partial charge in [0, 0.05) is 11.8 Å². The van der Waals surface area contributed by atoms with Gasteiger partial charge < -0.3 is 5.32 Å². The number of amides is 1. The lowest BCUT2D eigenvalue weighted by atomic mass is 10.3. The molecule has 0 aliphatic rings. The monoisotopic (exact) mass is 374 g/mol. The molecule has 26 heavy (non-hydrogen) atoms. The summed E-state index contributed by atoms with van der Waals surface area (Å²) in [4.78, 5) is 12.4. The average Bonchev–Trinajstić information content (AvgIpc) is 2.99. The number of para-hydroxylation sites is 1. The molecule has 0 aliphatic heterocycles. The Labute approximate surface area is 153 Å². The highest BCUT2D eigenvalue weighted by molar-refractivity contribution is 8.00. The number of hydrogen-bond donors (Lipinski definition) is 1. The Bertz CT molecular complexity index is 930. The van der Waals surface area contributed by atoms with Gasteiger partial charge in [-0.25, -0.2) is 8.78 Å². The molecule has 0 bridgehead atoms. The number of carbonyl (C=O) groups is 1. The highest BCUT2D eigenvalue weighted by Gasteiger charge is 2.21. The van der Waals surface area contributed by atoms with Crippen molar-refractivity contribution in [3.63, 3.8) is 0 Å². The second kappa shape index (κ2) is 7.65. The van der Waals surface area contributed by atoms with Crippen molar-refractivity contribution in [3.05, 3.63) is 66.0 Å². The molecule has 1 N–H and O–H groups in total. The minimum atomic E-state index is -0.694. The van der Waals surface area contributed by atoms with E-state index in [1.165, 1.54) is 11.8 Å². The second-order valence-corrected chi connectivity index (χ2v) is 6.88. The molecule has 8 heteroatoms. The van der Waals surface area contributed by atoms with Gasteiger partial charge in [0.25, 0.3) is 0 Å². The van der Waals surface area contributed by atoms with Crippen LogP contribution in [0.15, 0.2) is 53.7 Å². The van der Waals surface area contributed by atoms with Gasteiger partial charge in [0.1, 0.15) is 17.5 Å². The molecule has 5 nitrogen and oxygen atoms in total. The van der Waals surface area contributed by atoms with Crippen LogP contribution in [0.2, 0.25) is 0 Å². The summed E-state index contributed by atoms with van der Waals surface area (Å²) in [5.74, 6) is -1.09. The maximum Gasteiger partial charge on any atom is 0.237 e. The summed E-state index contributed by atoms with van der Waals surface area (Å²) in [5.41, 5.74) is 0.685. The molecule has 134 valence electrons. The number of thioether (sulfide) groups is 1. The molecule has 0 radical (unpaired) electrons. The molecular formula is C18H16F2N4OS. The zero-order valence-electron chi connectivity index (χ0n) is 14.1. The largest absolute Gasteiger partial charge is 0.323 e. The number of nitrogens with one attached hydrogen (secondary N) is 1. The van der Waals surface area contributed by atoms with E-state index in [9.17, 15) is 13.6 Å².